The molecule has 2 rings (SSSR count). The number of primary amides is 1. The lowest BCUT2D eigenvalue weighted by atomic mass is 9.90. The van der Waals surface area contributed by atoms with Gasteiger partial charge in [-0.05, 0) is 37.6 Å². The molecule has 1 heterocycles. The zero-order valence-electron chi connectivity index (χ0n) is 10.7. The van der Waals surface area contributed by atoms with Crippen molar-refractivity contribution in [2.45, 2.75) is 25.8 Å². The molecule has 1 aromatic carbocycles. The molecule has 5 nitrogen and oxygen atoms in total. The van der Waals surface area contributed by atoms with E-state index in [-0.39, 0.29) is 6.79 Å². The Kier molecular flexibility index (Phi) is 3.43. The van der Waals surface area contributed by atoms with Crippen LogP contribution in [0.3, 0.4) is 0 Å². The van der Waals surface area contributed by atoms with E-state index < -0.39 is 11.4 Å². The van der Waals surface area contributed by atoms with Crippen molar-refractivity contribution in [3.8, 4) is 11.5 Å². The van der Waals surface area contributed by atoms with Gasteiger partial charge in [0.25, 0.3) is 0 Å². The van der Waals surface area contributed by atoms with Crippen LogP contribution in [0, 0.1) is 0 Å². The third-order valence-corrected chi connectivity index (χ3v) is 3.17. The summed E-state index contributed by atoms with van der Waals surface area (Å²) in [6.45, 7) is 4.75. The topological polar surface area (TPSA) is 73.6 Å². The molecule has 18 heavy (non-hydrogen) atoms. The zero-order chi connectivity index (χ0) is 13.2. The maximum atomic E-state index is 11.7. The number of nitrogens with one attached hydrogen (secondary N) is 1. The Balaban J connectivity index is 2.33. The van der Waals surface area contributed by atoms with Crippen molar-refractivity contribution >= 4 is 5.91 Å². The summed E-state index contributed by atoms with van der Waals surface area (Å²) in [4.78, 5) is 11.7. The van der Waals surface area contributed by atoms with Crippen LogP contribution in [-0.4, -0.2) is 19.2 Å². The summed E-state index contributed by atoms with van der Waals surface area (Å²) in [6, 6.07) is 5.43. The number of fused-ring (bicyclic) bond motifs is 1. The first-order valence-electron chi connectivity index (χ1n) is 6.03. The number of hydrogen-bond donors (Lipinski definition) is 2. The molecule has 0 aliphatic carbocycles. The molecule has 1 aliphatic heterocycles. The fraction of sp³-hybridized carbons (Fsp3) is 0.462. The summed E-state index contributed by atoms with van der Waals surface area (Å²) in [6.07, 6.45) is 0.924. The molecule has 3 N–H and O–H groups in total. The largest absolute Gasteiger partial charge is 0.454 e. The quantitative estimate of drug-likeness (QED) is 0.821. The van der Waals surface area contributed by atoms with Gasteiger partial charge in [0.15, 0.2) is 11.5 Å². The van der Waals surface area contributed by atoms with E-state index in [2.05, 4.69) is 5.32 Å². The normalized spacial score (nSPS) is 16.3. The van der Waals surface area contributed by atoms with Gasteiger partial charge in [0.2, 0.25) is 12.7 Å². The third-order valence-electron chi connectivity index (χ3n) is 3.17. The number of hydrogen-bond acceptors (Lipinski definition) is 4. The molecule has 0 fully saturated rings. The number of rotatable bonds is 5. The van der Waals surface area contributed by atoms with Gasteiger partial charge in [-0.15, -0.1) is 0 Å². The van der Waals surface area contributed by atoms with Gasteiger partial charge in [-0.3, -0.25) is 10.1 Å². The molecule has 1 amide bonds. The first-order valence-corrected chi connectivity index (χ1v) is 6.03. The van der Waals surface area contributed by atoms with Crippen LogP contribution >= 0.6 is 0 Å². The molecule has 1 unspecified atom stereocenters. The predicted octanol–water partition coefficient (Wildman–Crippen LogP) is 1.12. The van der Waals surface area contributed by atoms with E-state index in [0.717, 1.165) is 12.0 Å². The molecule has 0 bridgehead atoms. The zero-order valence-corrected chi connectivity index (χ0v) is 10.7. The highest BCUT2D eigenvalue weighted by molar-refractivity contribution is 5.86. The van der Waals surface area contributed by atoms with Gasteiger partial charge in [-0.1, -0.05) is 13.0 Å². The minimum Gasteiger partial charge on any atom is -0.454 e. The summed E-state index contributed by atoms with van der Waals surface area (Å²) >= 11 is 0. The molecule has 1 atom stereocenters. The summed E-state index contributed by atoms with van der Waals surface area (Å²) in [7, 11) is 0. The van der Waals surface area contributed by atoms with Crippen LogP contribution in [-0.2, 0) is 10.3 Å². The van der Waals surface area contributed by atoms with Crippen LogP contribution in [0.2, 0.25) is 0 Å². The van der Waals surface area contributed by atoms with E-state index in [0.29, 0.717) is 18.0 Å². The van der Waals surface area contributed by atoms with Gasteiger partial charge < -0.3 is 15.2 Å². The average molecular weight is 250 g/mol. The molecule has 5 heteroatoms. The first kappa shape index (κ1) is 12.7. The average Bonchev–Trinajstić information content (AvgIpc) is 2.82. The Morgan fingerprint density at radius 1 is 1.44 bits per heavy atom. The number of carbonyl (C=O) groups excluding carboxylic acids is 1. The van der Waals surface area contributed by atoms with Crippen LogP contribution in [0.15, 0.2) is 18.2 Å². The second-order valence-electron chi connectivity index (χ2n) is 4.48. The van der Waals surface area contributed by atoms with Crippen LogP contribution in [0.25, 0.3) is 0 Å². The lowest BCUT2D eigenvalue weighted by molar-refractivity contribution is -0.124. The minimum atomic E-state index is -0.892. The van der Waals surface area contributed by atoms with Crippen LogP contribution < -0.4 is 20.5 Å². The van der Waals surface area contributed by atoms with Crippen molar-refractivity contribution in [3.63, 3.8) is 0 Å². The van der Waals surface area contributed by atoms with Crippen molar-refractivity contribution in [1.82, 2.24) is 5.32 Å². The molecule has 0 aromatic heterocycles. The number of carbonyl (C=O) groups is 1. The van der Waals surface area contributed by atoms with E-state index >= 15 is 0 Å². The predicted molar refractivity (Wildman–Crippen MR) is 67.4 cm³/mol. The molecule has 0 spiro atoms. The fourth-order valence-electron chi connectivity index (χ4n) is 1.91. The van der Waals surface area contributed by atoms with E-state index in [1.165, 1.54) is 0 Å². The van der Waals surface area contributed by atoms with E-state index in [1.54, 1.807) is 19.1 Å². The summed E-state index contributed by atoms with van der Waals surface area (Å²) in [5.41, 5.74) is 5.41. The highest BCUT2D eigenvalue weighted by Gasteiger charge is 2.33. The van der Waals surface area contributed by atoms with Gasteiger partial charge in [0.05, 0.1) is 0 Å². The van der Waals surface area contributed by atoms with Gasteiger partial charge in [-0.2, -0.15) is 0 Å². The molecule has 0 radical (unpaired) electrons. The smallest absolute Gasteiger partial charge is 0.242 e. The Morgan fingerprint density at radius 2 is 2.17 bits per heavy atom. The SMILES string of the molecule is CCCNC(C)(C(N)=O)c1ccc2c(c1)OCO2. The van der Waals surface area contributed by atoms with E-state index in [1.807, 2.05) is 13.0 Å². The van der Waals surface area contributed by atoms with Crippen LogP contribution in [0.5, 0.6) is 11.5 Å². The van der Waals surface area contributed by atoms with Crippen molar-refractivity contribution in [1.29, 1.82) is 0 Å². The van der Waals surface area contributed by atoms with E-state index in [4.69, 9.17) is 15.2 Å². The number of amides is 1. The van der Waals surface area contributed by atoms with Crippen molar-refractivity contribution in [3.05, 3.63) is 23.8 Å². The summed E-state index contributed by atoms with van der Waals surface area (Å²) in [5, 5.41) is 3.18. The van der Waals surface area contributed by atoms with Gasteiger partial charge in [-0.25, -0.2) is 0 Å². The summed E-state index contributed by atoms with van der Waals surface area (Å²) in [5.74, 6) is 0.939. The van der Waals surface area contributed by atoms with Crippen LogP contribution in [0.4, 0.5) is 0 Å². The van der Waals surface area contributed by atoms with Gasteiger partial charge >= 0.3 is 0 Å². The molecule has 0 saturated heterocycles. The highest BCUT2D eigenvalue weighted by atomic mass is 16.7. The van der Waals surface area contributed by atoms with Crippen molar-refractivity contribution in [2.75, 3.05) is 13.3 Å². The Morgan fingerprint density at radius 3 is 2.83 bits per heavy atom. The molecule has 1 aliphatic rings. The second-order valence-corrected chi connectivity index (χ2v) is 4.48. The number of nitrogens with two attached hydrogens (primary N) is 1. The molecule has 0 saturated carbocycles. The van der Waals surface area contributed by atoms with Crippen molar-refractivity contribution < 1.29 is 14.3 Å². The lowest BCUT2D eigenvalue weighted by Gasteiger charge is -2.28. The minimum absolute atomic E-state index is 0.217. The first-order chi connectivity index (χ1) is 8.58. The third kappa shape index (κ3) is 2.13. The number of ether oxygens (including phenoxy) is 2. The van der Waals surface area contributed by atoms with Crippen molar-refractivity contribution in [2.24, 2.45) is 5.73 Å². The van der Waals surface area contributed by atoms with Crippen LogP contribution in [0.1, 0.15) is 25.8 Å². The maximum Gasteiger partial charge on any atom is 0.242 e. The lowest BCUT2D eigenvalue weighted by Crippen LogP contribution is -2.50. The second kappa shape index (κ2) is 4.86. The van der Waals surface area contributed by atoms with E-state index in [9.17, 15) is 4.79 Å². The molecular weight excluding hydrogens is 232 g/mol. The standard InChI is InChI=1S/C13H18N2O3/c1-3-6-15-13(2,12(14)16)9-4-5-10-11(7-9)18-8-17-10/h4-5,7,15H,3,6,8H2,1-2H3,(H2,14,16). The number of benzene rings is 1. The molecule has 98 valence electrons. The highest BCUT2D eigenvalue weighted by Crippen LogP contribution is 2.35. The molecule has 1 aromatic rings. The Bertz CT molecular complexity index is 462. The fourth-order valence-corrected chi connectivity index (χ4v) is 1.91. The van der Waals surface area contributed by atoms with Gasteiger partial charge in [0, 0.05) is 0 Å². The Labute approximate surface area is 106 Å². The Hall–Kier alpha value is -1.75. The summed E-state index contributed by atoms with van der Waals surface area (Å²) < 4.78 is 10.6. The monoisotopic (exact) mass is 250 g/mol. The van der Waals surface area contributed by atoms with Gasteiger partial charge in [0.1, 0.15) is 5.54 Å². The maximum absolute atomic E-state index is 11.7. The molecular formula is C13H18N2O3.